The lowest BCUT2D eigenvalue weighted by molar-refractivity contribution is -0.156. The minimum absolute atomic E-state index is 0.359. The van der Waals surface area contributed by atoms with Gasteiger partial charge < -0.3 is 4.74 Å². The van der Waals surface area contributed by atoms with Gasteiger partial charge >= 0.3 is 5.97 Å². The Bertz CT molecular complexity index is 735. The average Bonchev–Trinajstić information content (AvgIpc) is 2.58. The van der Waals surface area contributed by atoms with Crippen molar-refractivity contribution < 1.29 is 9.53 Å². The molecule has 0 saturated carbocycles. The van der Waals surface area contributed by atoms with Gasteiger partial charge in [-0.05, 0) is 25.3 Å². The predicted octanol–water partition coefficient (Wildman–Crippen LogP) is 5.53. The van der Waals surface area contributed by atoms with E-state index in [1.807, 2.05) is 81.4 Å². The zero-order chi connectivity index (χ0) is 19.2. The van der Waals surface area contributed by atoms with Crippen LogP contribution in [0.25, 0.3) is 0 Å². The van der Waals surface area contributed by atoms with Gasteiger partial charge in [0.25, 0.3) is 0 Å². The minimum Gasteiger partial charge on any atom is -0.458 e. The third kappa shape index (κ3) is 6.26. The fourth-order valence-electron chi connectivity index (χ4n) is 2.42. The van der Waals surface area contributed by atoms with Crippen molar-refractivity contribution in [2.24, 2.45) is 4.99 Å². The molecule has 0 aliphatic rings. The Balaban J connectivity index is 2.49. The Labute approximate surface area is 163 Å². The Morgan fingerprint density at radius 2 is 1.50 bits per heavy atom. The van der Waals surface area contributed by atoms with E-state index in [-0.39, 0.29) is 5.97 Å². The second-order valence-electron chi connectivity index (χ2n) is 6.98. The Kier molecular flexibility index (Phi) is 6.92. The summed E-state index contributed by atoms with van der Waals surface area (Å²) in [6.45, 7) is 9.42. The molecule has 2 aromatic carbocycles. The number of nitrogens with zero attached hydrogens (tertiary/aromatic N) is 1. The van der Waals surface area contributed by atoms with Crippen LogP contribution in [0, 0.1) is 0 Å². The lowest BCUT2D eigenvalue weighted by Gasteiger charge is -2.23. The van der Waals surface area contributed by atoms with Gasteiger partial charge in [0.2, 0.25) is 0 Å². The number of hydrogen-bond donors (Lipinski definition) is 0. The van der Waals surface area contributed by atoms with E-state index in [4.69, 9.17) is 9.73 Å². The van der Waals surface area contributed by atoms with E-state index < -0.39 is 11.6 Å². The molecule has 0 fully saturated rings. The molecule has 0 bridgehead atoms. The van der Waals surface area contributed by atoms with Crippen molar-refractivity contribution in [3.8, 4) is 0 Å². The van der Waals surface area contributed by atoms with E-state index in [1.54, 1.807) is 0 Å². The number of ether oxygens (including phenoxy) is 1. The Morgan fingerprint density at radius 3 is 1.88 bits per heavy atom. The van der Waals surface area contributed by atoms with Crippen LogP contribution in [-0.2, 0) is 9.53 Å². The van der Waals surface area contributed by atoms with Gasteiger partial charge in [-0.1, -0.05) is 83.2 Å². The SMILES string of the molecule is C=C(Br)CC(N=C(c1ccccc1)c1ccccc1)C(=O)OC(C)(C)C. The summed E-state index contributed by atoms with van der Waals surface area (Å²) in [4.78, 5) is 17.5. The number of carbonyl (C=O) groups excluding carboxylic acids is 1. The van der Waals surface area contributed by atoms with Crippen molar-refractivity contribution in [3.63, 3.8) is 0 Å². The molecule has 26 heavy (non-hydrogen) atoms. The van der Waals surface area contributed by atoms with Crippen LogP contribution in [0.2, 0.25) is 0 Å². The molecular weight excluding hydrogens is 390 g/mol. The first-order valence-corrected chi connectivity index (χ1v) is 9.30. The van der Waals surface area contributed by atoms with E-state index >= 15 is 0 Å². The normalized spacial score (nSPS) is 12.2. The van der Waals surface area contributed by atoms with Crippen LogP contribution >= 0.6 is 15.9 Å². The topological polar surface area (TPSA) is 38.7 Å². The van der Waals surface area contributed by atoms with E-state index in [2.05, 4.69) is 22.5 Å². The summed E-state index contributed by atoms with van der Waals surface area (Å²) in [6.07, 6.45) is 0.373. The molecule has 0 aliphatic carbocycles. The largest absolute Gasteiger partial charge is 0.458 e. The highest BCUT2D eigenvalue weighted by atomic mass is 79.9. The second kappa shape index (κ2) is 8.95. The third-order valence-electron chi connectivity index (χ3n) is 3.47. The highest BCUT2D eigenvalue weighted by molar-refractivity contribution is 9.11. The standard InChI is InChI=1S/C22H24BrNO2/c1-16(23)15-19(21(25)26-22(2,3)4)24-20(17-11-7-5-8-12-17)18-13-9-6-10-14-18/h5-14,19H,1,15H2,2-4H3. The van der Waals surface area contributed by atoms with Gasteiger partial charge in [0.1, 0.15) is 5.60 Å². The van der Waals surface area contributed by atoms with Gasteiger partial charge in [-0.15, -0.1) is 0 Å². The number of esters is 1. The zero-order valence-corrected chi connectivity index (χ0v) is 17.0. The molecule has 0 aliphatic heterocycles. The van der Waals surface area contributed by atoms with Gasteiger partial charge in [-0.2, -0.15) is 0 Å². The molecule has 0 heterocycles. The molecule has 2 rings (SSSR count). The molecule has 0 saturated heterocycles. The van der Waals surface area contributed by atoms with Crippen molar-refractivity contribution in [2.75, 3.05) is 0 Å². The van der Waals surface area contributed by atoms with Crippen LogP contribution in [0.15, 0.2) is 76.7 Å². The third-order valence-corrected chi connectivity index (χ3v) is 3.80. The Morgan fingerprint density at radius 1 is 1.04 bits per heavy atom. The van der Waals surface area contributed by atoms with E-state index in [0.29, 0.717) is 10.9 Å². The van der Waals surface area contributed by atoms with Crippen LogP contribution in [0.4, 0.5) is 0 Å². The molecule has 0 amide bonds. The fraction of sp³-hybridized carbons (Fsp3) is 0.273. The molecule has 2 aromatic rings. The fourth-order valence-corrected chi connectivity index (χ4v) is 2.73. The van der Waals surface area contributed by atoms with E-state index in [1.165, 1.54) is 0 Å². The number of rotatable bonds is 6. The highest BCUT2D eigenvalue weighted by Gasteiger charge is 2.26. The van der Waals surface area contributed by atoms with Gasteiger partial charge in [-0.25, -0.2) is 4.79 Å². The first-order valence-electron chi connectivity index (χ1n) is 8.51. The highest BCUT2D eigenvalue weighted by Crippen LogP contribution is 2.20. The number of benzene rings is 2. The van der Waals surface area contributed by atoms with Gasteiger partial charge in [0.05, 0.1) is 5.71 Å². The first-order chi connectivity index (χ1) is 12.3. The molecular formula is C22H24BrNO2. The maximum absolute atomic E-state index is 12.7. The molecule has 1 atom stereocenters. The molecule has 136 valence electrons. The lowest BCUT2D eigenvalue weighted by Crippen LogP contribution is -2.31. The van der Waals surface area contributed by atoms with Crippen LogP contribution in [0.5, 0.6) is 0 Å². The first kappa shape index (κ1) is 20.1. The summed E-state index contributed by atoms with van der Waals surface area (Å²) in [7, 11) is 0. The van der Waals surface area contributed by atoms with Gasteiger partial charge in [0, 0.05) is 17.5 Å². The molecule has 0 spiro atoms. The average molecular weight is 414 g/mol. The molecule has 0 aromatic heterocycles. The summed E-state index contributed by atoms with van der Waals surface area (Å²) in [5.41, 5.74) is 2.09. The van der Waals surface area contributed by atoms with Gasteiger partial charge in [0.15, 0.2) is 6.04 Å². The molecule has 0 radical (unpaired) electrons. The second-order valence-corrected chi connectivity index (χ2v) is 8.10. The van der Waals surface area contributed by atoms with Crippen molar-refractivity contribution >= 4 is 27.6 Å². The summed E-state index contributed by atoms with van der Waals surface area (Å²) in [6, 6.07) is 19.0. The van der Waals surface area contributed by atoms with Crippen LogP contribution in [-0.4, -0.2) is 23.3 Å². The lowest BCUT2D eigenvalue weighted by atomic mass is 10.0. The zero-order valence-electron chi connectivity index (χ0n) is 15.4. The maximum Gasteiger partial charge on any atom is 0.331 e. The summed E-state index contributed by atoms with van der Waals surface area (Å²) in [5, 5.41) is 0. The van der Waals surface area contributed by atoms with Crippen LogP contribution in [0.3, 0.4) is 0 Å². The summed E-state index contributed by atoms with van der Waals surface area (Å²) in [5.74, 6) is -0.359. The van der Waals surface area contributed by atoms with Crippen molar-refractivity contribution in [3.05, 3.63) is 82.9 Å². The van der Waals surface area contributed by atoms with Crippen LogP contribution < -0.4 is 0 Å². The van der Waals surface area contributed by atoms with Crippen LogP contribution in [0.1, 0.15) is 38.3 Å². The molecule has 3 nitrogen and oxygen atoms in total. The number of hydrogen-bond acceptors (Lipinski definition) is 3. The Hall–Kier alpha value is -2.20. The predicted molar refractivity (Wildman–Crippen MR) is 111 cm³/mol. The maximum atomic E-state index is 12.7. The van der Waals surface area contributed by atoms with Crippen molar-refractivity contribution in [1.82, 2.24) is 0 Å². The van der Waals surface area contributed by atoms with Crippen molar-refractivity contribution in [2.45, 2.75) is 38.8 Å². The van der Waals surface area contributed by atoms with E-state index in [0.717, 1.165) is 16.8 Å². The molecule has 0 N–H and O–H groups in total. The minimum atomic E-state index is -0.670. The number of carbonyl (C=O) groups is 1. The molecule has 1 unspecified atom stereocenters. The molecule has 4 heteroatoms. The number of aliphatic imine (C=N–C) groups is 1. The van der Waals surface area contributed by atoms with Gasteiger partial charge in [-0.3, -0.25) is 4.99 Å². The summed E-state index contributed by atoms with van der Waals surface area (Å²) >= 11 is 3.35. The van der Waals surface area contributed by atoms with Crippen molar-refractivity contribution in [1.29, 1.82) is 0 Å². The number of halogens is 1. The summed E-state index contributed by atoms with van der Waals surface area (Å²) < 4.78 is 6.27. The van der Waals surface area contributed by atoms with E-state index in [9.17, 15) is 4.79 Å². The smallest absolute Gasteiger partial charge is 0.331 e. The quantitative estimate of drug-likeness (QED) is 0.460. The monoisotopic (exact) mass is 413 g/mol.